The number of aliphatic hydroxyl groups is 1. The summed E-state index contributed by atoms with van der Waals surface area (Å²) in [5, 5.41) is 9.51. The molecule has 0 spiro atoms. The topological polar surface area (TPSA) is 20.2 Å². The van der Waals surface area contributed by atoms with Crippen molar-refractivity contribution >= 4 is 0 Å². The Bertz CT molecular complexity index is 228. The highest BCUT2D eigenvalue weighted by Crippen LogP contribution is 2.19. The zero-order chi connectivity index (χ0) is 11.2. The van der Waals surface area contributed by atoms with Gasteiger partial charge in [0.25, 0.3) is 0 Å². The number of allylic oxidation sites excluding steroid dienone is 2. The Kier molecular flexibility index (Phi) is 5.47. The van der Waals surface area contributed by atoms with E-state index in [0.717, 1.165) is 12.0 Å². The van der Waals surface area contributed by atoms with Gasteiger partial charge in [-0.2, -0.15) is 0 Å². The third-order valence-electron chi connectivity index (χ3n) is 1.82. The summed E-state index contributed by atoms with van der Waals surface area (Å²) in [6.45, 7) is 12.2. The fourth-order valence-corrected chi connectivity index (χ4v) is 0.968. The first-order valence-corrected chi connectivity index (χ1v) is 5.03. The average molecular weight is 194 g/mol. The van der Waals surface area contributed by atoms with Crippen molar-refractivity contribution in [2.24, 2.45) is 5.41 Å². The third kappa shape index (κ3) is 6.67. The van der Waals surface area contributed by atoms with Gasteiger partial charge in [-0.15, -0.1) is 0 Å². The normalized spacial score (nSPS) is 15.2. The first kappa shape index (κ1) is 13.2. The highest BCUT2D eigenvalue weighted by atomic mass is 16.3. The average Bonchev–Trinajstić information content (AvgIpc) is 2.02. The van der Waals surface area contributed by atoms with E-state index in [4.69, 9.17) is 0 Å². The van der Waals surface area contributed by atoms with Gasteiger partial charge in [0.05, 0.1) is 6.10 Å². The molecular weight excluding hydrogens is 172 g/mol. The Morgan fingerprint density at radius 2 is 2.00 bits per heavy atom. The summed E-state index contributed by atoms with van der Waals surface area (Å²) in [5.41, 5.74) is 1.04. The first-order valence-electron chi connectivity index (χ1n) is 5.03. The molecule has 1 heteroatoms. The monoisotopic (exact) mass is 194 g/mol. The molecule has 0 aromatic rings. The van der Waals surface area contributed by atoms with Crippen molar-refractivity contribution < 1.29 is 5.11 Å². The van der Waals surface area contributed by atoms with Crippen LogP contribution in [0.15, 0.2) is 36.5 Å². The van der Waals surface area contributed by atoms with Gasteiger partial charge in [-0.25, -0.2) is 0 Å². The zero-order valence-corrected chi connectivity index (χ0v) is 9.75. The second-order valence-corrected chi connectivity index (χ2v) is 4.71. The Morgan fingerprint density at radius 1 is 1.43 bits per heavy atom. The van der Waals surface area contributed by atoms with E-state index in [1.807, 2.05) is 19.1 Å². The molecule has 0 radical (unpaired) electrons. The molecule has 14 heavy (non-hydrogen) atoms. The fourth-order valence-electron chi connectivity index (χ4n) is 0.968. The zero-order valence-electron chi connectivity index (χ0n) is 9.75. The van der Waals surface area contributed by atoms with E-state index in [2.05, 4.69) is 33.4 Å². The quantitative estimate of drug-likeness (QED) is 0.536. The largest absolute Gasteiger partial charge is 0.384 e. The van der Waals surface area contributed by atoms with Gasteiger partial charge in [0.1, 0.15) is 0 Å². The van der Waals surface area contributed by atoms with Crippen molar-refractivity contribution in [3.63, 3.8) is 0 Å². The maximum absolute atomic E-state index is 9.51. The van der Waals surface area contributed by atoms with Crippen molar-refractivity contribution in [2.45, 2.75) is 40.2 Å². The molecule has 0 fully saturated rings. The molecule has 1 N–H and O–H groups in total. The molecule has 1 nitrogen and oxygen atoms in total. The van der Waals surface area contributed by atoms with Gasteiger partial charge in [-0.3, -0.25) is 0 Å². The second-order valence-electron chi connectivity index (χ2n) is 4.71. The number of hydrogen-bond donors (Lipinski definition) is 1. The van der Waals surface area contributed by atoms with Gasteiger partial charge < -0.3 is 5.11 Å². The lowest BCUT2D eigenvalue weighted by molar-refractivity contribution is 0.263. The summed E-state index contributed by atoms with van der Waals surface area (Å²) < 4.78 is 0. The van der Waals surface area contributed by atoms with Crippen LogP contribution in [-0.4, -0.2) is 11.2 Å². The van der Waals surface area contributed by atoms with Crippen LogP contribution >= 0.6 is 0 Å². The summed E-state index contributed by atoms with van der Waals surface area (Å²) in [7, 11) is 0. The van der Waals surface area contributed by atoms with E-state index >= 15 is 0 Å². The van der Waals surface area contributed by atoms with Gasteiger partial charge in [0, 0.05) is 0 Å². The molecule has 0 aromatic heterocycles. The van der Waals surface area contributed by atoms with Crippen LogP contribution in [0.1, 0.15) is 34.1 Å². The lowest BCUT2D eigenvalue weighted by atomic mass is 9.92. The molecule has 0 aromatic carbocycles. The third-order valence-corrected chi connectivity index (χ3v) is 1.82. The standard InChI is InChI=1S/C13H22O/c1-6-8-12(14)11(2)9-7-10-13(3,4)5/h6-9,12,14H,2,10H2,1,3-5H3/b8-6+,9-7-. The van der Waals surface area contributed by atoms with E-state index in [1.165, 1.54) is 0 Å². The first-order chi connectivity index (χ1) is 6.37. The molecule has 0 saturated carbocycles. The highest BCUT2D eigenvalue weighted by Gasteiger charge is 2.07. The van der Waals surface area contributed by atoms with E-state index < -0.39 is 6.10 Å². The number of aliphatic hydroxyl groups excluding tert-OH is 1. The second kappa shape index (κ2) is 5.82. The maximum atomic E-state index is 9.51. The Labute approximate surface area is 87.8 Å². The molecule has 0 saturated heterocycles. The van der Waals surface area contributed by atoms with Crippen LogP contribution in [0.5, 0.6) is 0 Å². The molecule has 0 heterocycles. The molecule has 0 bridgehead atoms. The molecule has 0 aliphatic carbocycles. The summed E-state index contributed by atoms with van der Waals surface area (Å²) in [6, 6.07) is 0. The minimum atomic E-state index is -0.545. The van der Waals surface area contributed by atoms with Crippen molar-refractivity contribution in [3.05, 3.63) is 36.5 Å². The van der Waals surface area contributed by atoms with Crippen LogP contribution in [0.2, 0.25) is 0 Å². The minimum absolute atomic E-state index is 0.294. The highest BCUT2D eigenvalue weighted by molar-refractivity contribution is 5.23. The van der Waals surface area contributed by atoms with Gasteiger partial charge in [-0.1, -0.05) is 51.7 Å². The van der Waals surface area contributed by atoms with Crippen molar-refractivity contribution in [3.8, 4) is 0 Å². The van der Waals surface area contributed by atoms with E-state index in [-0.39, 0.29) is 0 Å². The van der Waals surface area contributed by atoms with Crippen LogP contribution in [0.4, 0.5) is 0 Å². The minimum Gasteiger partial charge on any atom is -0.384 e. The summed E-state index contributed by atoms with van der Waals surface area (Å²) >= 11 is 0. The van der Waals surface area contributed by atoms with E-state index in [0.29, 0.717) is 5.41 Å². The predicted molar refractivity (Wildman–Crippen MR) is 63.2 cm³/mol. The molecule has 0 aliphatic rings. The molecule has 80 valence electrons. The van der Waals surface area contributed by atoms with Crippen molar-refractivity contribution in [2.75, 3.05) is 0 Å². The maximum Gasteiger partial charge on any atom is 0.0965 e. The van der Waals surface area contributed by atoms with Crippen LogP contribution < -0.4 is 0 Å². The Hall–Kier alpha value is -0.820. The SMILES string of the molecule is C=C(/C=C\CC(C)(C)C)C(O)/C=C/C. The summed E-state index contributed by atoms with van der Waals surface area (Å²) in [4.78, 5) is 0. The van der Waals surface area contributed by atoms with Gasteiger partial charge in [0.2, 0.25) is 0 Å². The van der Waals surface area contributed by atoms with Crippen LogP contribution in [0.3, 0.4) is 0 Å². The molecular formula is C13H22O. The van der Waals surface area contributed by atoms with Crippen LogP contribution in [-0.2, 0) is 0 Å². The van der Waals surface area contributed by atoms with E-state index in [9.17, 15) is 5.11 Å². The van der Waals surface area contributed by atoms with Crippen molar-refractivity contribution in [1.29, 1.82) is 0 Å². The van der Waals surface area contributed by atoms with Crippen LogP contribution in [0.25, 0.3) is 0 Å². The van der Waals surface area contributed by atoms with Gasteiger partial charge in [0.15, 0.2) is 0 Å². The molecule has 0 rings (SSSR count). The fraction of sp³-hybridized carbons (Fsp3) is 0.538. The van der Waals surface area contributed by atoms with Gasteiger partial charge in [-0.05, 0) is 24.3 Å². The summed E-state index contributed by atoms with van der Waals surface area (Å²) in [6.07, 6.45) is 7.97. The molecule has 0 amide bonds. The number of rotatable bonds is 4. The smallest absolute Gasteiger partial charge is 0.0965 e. The van der Waals surface area contributed by atoms with Crippen LogP contribution in [0, 0.1) is 5.41 Å². The summed E-state index contributed by atoms with van der Waals surface area (Å²) in [5.74, 6) is 0. The Morgan fingerprint density at radius 3 is 2.43 bits per heavy atom. The van der Waals surface area contributed by atoms with Crippen molar-refractivity contribution in [1.82, 2.24) is 0 Å². The predicted octanol–water partition coefficient (Wildman–Crippen LogP) is 3.47. The lowest BCUT2D eigenvalue weighted by Crippen LogP contribution is -2.04. The molecule has 1 unspecified atom stereocenters. The molecule has 0 aliphatic heterocycles. The van der Waals surface area contributed by atoms with Gasteiger partial charge >= 0.3 is 0 Å². The lowest BCUT2D eigenvalue weighted by Gasteiger charge is -2.14. The Balaban J connectivity index is 4.06. The number of hydrogen-bond acceptors (Lipinski definition) is 1. The molecule has 1 atom stereocenters. The van der Waals surface area contributed by atoms with E-state index in [1.54, 1.807) is 6.08 Å².